The van der Waals surface area contributed by atoms with Crippen LogP contribution in [-0.4, -0.2) is 53.2 Å². The fourth-order valence-electron chi connectivity index (χ4n) is 3.85. The molecule has 26 heavy (non-hydrogen) atoms. The quantitative estimate of drug-likeness (QED) is 0.918. The Morgan fingerprint density at radius 1 is 1.15 bits per heavy atom. The number of nitrogens with one attached hydrogen (secondary N) is 1. The molecule has 0 spiro atoms. The number of piperazine rings is 1. The summed E-state index contributed by atoms with van der Waals surface area (Å²) in [6.07, 6.45) is 1.05. The molecule has 0 radical (unpaired) electrons. The van der Waals surface area contributed by atoms with E-state index in [2.05, 4.69) is 20.2 Å². The van der Waals surface area contributed by atoms with Crippen LogP contribution in [-0.2, 0) is 0 Å². The molecule has 136 valence electrons. The van der Waals surface area contributed by atoms with E-state index in [0.29, 0.717) is 0 Å². The van der Waals surface area contributed by atoms with E-state index < -0.39 is 0 Å². The average molecular weight is 353 g/mol. The first-order valence-corrected chi connectivity index (χ1v) is 8.84. The summed E-state index contributed by atoms with van der Waals surface area (Å²) >= 11 is 0. The summed E-state index contributed by atoms with van der Waals surface area (Å²) in [5, 5.41) is 2.98. The van der Waals surface area contributed by atoms with Gasteiger partial charge < -0.3 is 19.9 Å². The van der Waals surface area contributed by atoms with Crippen molar-refractivity contribution in [3.05, 3.63) is 41.9 Å². The fraction of sp³-hybridized carbons (Fsp3) is 0.421. The number of benzene rings is 1. The SMILES string of the molecule is COc1ccc(NC(=O)N2C3CC2CN(c2cc(C)nc(C)n2)C3)cc1. The summed E-state index contributed by atoms with van der Waals surface area (Å²) in [7, 11) is 1.63. The number of carbonyl (C=O) groups excluding carboxylic acids is 1. The molecule has 5 rings (SSSR count). The third-order valence-electron chi connectivity index (χ3n) is 5.05. The molecule has 3 saturated heterocycles. The standard InChI is InChI=1S/C19H23N5O2/c1-12-8-18(21-13(2)20-12)23-10-15-9-16(11-23)24(15)19(25)22-14-4-6-17(26-3)7-5-14/h4-8,15-16H,9-11H2,1-3H3,(H,22,25). The summed E-state index contributed by atoms with van der Waals surface area (Å²) in [5.74, 6) is 2.52. The monoisotopic (exact) mass is 353 g/mol. The Morgan fingerprint density at radius 3 is 2.46 bits per heavy atom. The van der Waals surface area contributed by atoms with Gasteiger partial charge in [0.05, 0.1) is 19.2 Å². The highest BCUT2D eigenvalue weighted by atomic mass is 16.5. The number of aromatic nitrogens is 2. The summed E-state index contributed by atoms with van der Waals surface area (Å²) < 4.78 is 5.15. The van der Waals surface area contributed by atoms with E-state index >= 15 is 0 Å². The summed E-state index contributed by atoms with van der Waals surface area (Å²) in [6.45, 7) is 5.51. The highest BCUT2D eigenvalue weighted by Gasteiger charge is 2.47. The van der Waals surface area contributed by atoms with Crippen LogP contribution in [0.2, 0.25) is 0 Å². The predicted octanol–water partition coefficient (Wildman–Crippen LogP) is 2.60. The number of hydrogen-bond acceptors (Lipinski definition) is 5. The van der Waals surface area contributed by atoms with Gasteiger partial charge in [0, 0.05) is 30.5 Å². The molecule has 7 nitrogen and oxygen atoms in total. The molecule has 0 saturated carbocycles. The van der Waals surface area contributed by atoms with Crippen LogP contribution in [0.25, 0.3) is 0 Å². The maximum atomic E-state index is 12.7. The van der Waals surface area contributed by atoms with E-state index in [9.17, 15) is 4.79 Å². The molecule has 1 aromatic heterocycles. The lowest BCUT2D eigenvalue weighted by molar-refractivity contribution is 0.0436. The minimum Gasteiger partial charge on any atom is -0.497 e. The van der Waals surface area contributed by atoms with Gasteiger partial charge in [-0.2, -0.15) is 0 Å². The van der Waals surface area contributed by atoms with Gasteiger partial charge in [-0.05, 0) is 44.5 Å². The first-order chi connectivity index (χ1) is 12.5. The molecule has 2 amide bonds. The zero-order valence-corrected chi connectivity index (χ0v) is 15.3. The van der Waals surface area contributed by atoms with Crippen molar-refractivity contribution in [3.8, 4) is 5.75 Å². The van der Waals surface area contributed by atoms with Crippen molar-refractivity contribution in [3.63, 3.8) is 0 Å². The number of anilines is 2. The van der Waals surface area contributed by atoms with Crippen molar-refractivity contribution in [2.24, 2.45) is 0 Å². The van der Waals surface area contributed by atoms with E-state index in [4.69, 9.17) is 4.74 Å². The normalized spacial score (nSPS) is 21.2. The molecule has 2 aromatic rings. The Balaban J connectivity index is 1.41. The maximum Gasteiger partial charge on any atom is 0.322 e. The van der Waals surface area contributed by atoms with E-state index in [1.165, 1.54) is 0 Å². The summed E-state index contributed by atoms with van der Waals surface area (Å²) in [5.41, 5.74) is 1.75. The van der Waals surface area contributed by atoms with Crippen LogP contribution in [0.1, 0.15) is 17.9 Å². The van der Waals surface area contributed by atoms with Crippen LogP contribution in [0.15, 0.2) is 30.3 Å². The highest BCUT2D eigenvalue weighted by molar-refractivity contribution is 5.90. The molecule has 2 bridgehead atoms. The minimum absolute atomic E-state index is 0.0360. The van der Waals surface area contributed by atoms with Gasteiger partial charge in [0.15, 0.2) is 0 Å². The summed E-state index contributed by atoms with van der Waals surface area (Å²) in [4.78, 5) is 25.8. The lowest BCUT2D eigenvalue weighted by atomic mass is 9.88. The number of carbonyl (C=O) groups is 1. The number of rotatable bonds is 3. The lowest BCUT2D eigenvalue weighted by Crippen LogP contribution is -2.71. The molecule has 1 aromatic carbocycles. The van der Waals surface area contributed by atoms with Crippen molar-refractivity contribution in [2.45, 2.75) is 32.4 Å². The van der Waals surface area contributed by atoms with Crippen molar-refractivity contribution in [2.75, 3.05) is 30.4 Å². The number of ether oxygens (including phenoxy) is 1. The van der Waals surface area contributed by atoms with Crippen molar-refractivity contribution < 1.29 is 9.53 Å². The number of aryl methyl sites for hydroxylation is 2. The molecular formula is C19H23N5O2. The van der Waals surface area contributed by atoms with Gasteiger partial charge in [-0.25, -0.2) is 14.8 Å². The third-order valence-corrected chi connectivity index (χ3v) is 5.05. The molecule has 2 atom stereocenters. The van der Waals surface area contributed by atoms with Gasteiger partial charge in [-0.3, -0.25) is 0 Å². The van der Waals surface area contributed by atoms with Crippen LogP contribution in [0.3, 0.4) is 0 Å². The second kappa shape index (κ2) is 6.48. The largest absolute Gasteiger partial charge is 0.497 e. The van der Waals surface area contributed by atoms with Crippen LogP contribution in [0, 0.1) is 13.8 Å². The second-order valence-electron chi connectivity index (χ2n) is 6.93. The molecular weight excluding hydrogens is 330 g/mol. The van der Waals surface area contributed by atoms with Crippen LogP contribution >= 0.6 is 0 Å². The van der Waals surface area contributed by atoms with Crippen molar-refractivity contribution in [1.82, 2.24) is 14.9 Å². The smallest absolute Gasteiger partial charge is 0.322 e. The number of fused-ring (bicyclic) bond motifs is 2. The average Bonchev–Trinajstić information content (AvgIpc) is 2.61. The fourth-order valence-corrected chi connectivity index (χ4v) is 3.85. The number of nitrogens with zero attached hydrogens (tertiary/aromatic N) is 4. The molecule has 4 heterocycles. The van der Waals surface area contributed by atoms with Crippen LogP contribution < -0.4 is 15.0 Å². The molecule has 7 heteroatoms. The number of piperidine rings is 1. The second-order valence-corrected chi connectivity index (χ2v) is 6.93. The van der Waals surface area contributed by atoms with Gasteiger partial charge in [-0.15, -0.1) is 0 Å². The Kier molecular flexibility index (Phi) is 4.14. The number of amides is 2. The first-order valence-electron chi connectivity index (χ1n) is 8.84. The predicted molar refractivity (Wildman–Crippen MR) is 99.8 cm³/mol. The number of hydrogen-bond donors (Lipinski definition) is 1. The Hall–Kier alpha value is -2.83. The zero-order chi connectivity index (χ0) is 18.3. The zero-order valence-electron chi connectivity index (χ0n) is 15.3. The molecule has 0 aliphatic carbocycles. The molecule has 3 aliphatic heterocycles. The Labute approximate surface area is 153 Å². The molecule has 3 fully saturated rings. The molecule has 3 aliphatic rings. The molecule has 1 N–H and O–H groups in total. The van der Waals surface area contributed by atoms with Gasteiger partial charge in [0.2, 0.25) is 0 Å². The highest BCUT2D eigenvalue weighted by Crippen LogP contribution is 2.34. The van der Waals surface area contributed by atoms with Crippen LogP contribution in [0.5, 0.6) is 5.75 Å². The van der Waals surface area contributed by atoms with Crippen molar-refractivity contribution in [1.29, 1.82) is 0 Å². The number of urea groups is 1. The van der Waals surface area contributed by atoms with E-state index in [1.54, 1.807) is 7.11 Å². The van der Waals surface area contributed by atoms with Crippen LogP contribution in [0.4, 0.5) is 16.3 Å². The summed E-state index contributed by atoms with van der Waals surface area (Å²) in [6, 6.07) is 9.81. The van der Waals surface area contributed by atoms with Gasteiger partial charge in [-0.1, -0.05) is 0 Å². The third kappa shape index (κ3) is 3.05. The van der Waals surface area contributed by atoms with Crippen molar-refractivity contribution >= 4 is 17.5 Å². The number of methoxy groups -OCH3 is 1. The van der Waals surface area contributed by atoms with E-state index in [1.807, 2.05) is 49.1 Å². The van der Waals surface area contributed by atoms with E-state index in [0.717, 1.165) is 48.3 Å². The lowest BCUT2D eigenvalue weighted by Gasteiger charge is -2.56. The van der Waals surface area contributed by atoms with E-state index in [-0.39, 0.29) is 18.1 Å². The Bertz CT molecular complexity index is 791. The van der Waals surface area contributed by atoms with Gasteiger partial charge in [0.25, 0.3) is 0 Å². The van der Waals surface area contributed by atoms with Gasteiger partial charge in [0.1, 0.15) is 17.4 Å². The molecule has 2 unspecified atom stereocenters. The maximum absolute atomic E-state index is 12.7. The Morgan fingerprint density at radius 2 is 1.85 bits per heavy atom. The van der Waals surface area contributed by atoms with Gasteiger partial charge >= 0.3 is 6.03 Å². The first kappa shape index (κ1) is 16.6. The minimum atomic E-state index is -0.0360. The topological polar surface area (TPSA) is 70.6 Å².